The van der Waals surface area contributed by atoms with Crippen LogP contribution in [0.4, 0.5) is 4.39 Å². The summed E-state index contributed by atoms with van der Waals surface area (Å²) in [5, 5.41) is 0. The molecule has 1 unspecified atom stereocenters. The minimum absolute atomic E-state index is 0.320. The van der Waals surface area contributed by atoms with Crippen molar-refractivity contribution in [2.75, 3.05) is 19.6 Å². The molecule has 1 aromatic carbocycles. The van der Waals surface area contributed by atoms with E-state index in [2.05, 4.69) is 4.57 Å². The Balaban J connectivity index is 1.79. The smallest absolute Gasteiger partial charge is 0.282 e. The van der Waals surface area contributed by atoms with Crippen molar-refractivity contribution in [1.82, 2.24) is 13.2 Å². The van der Waals surface area contributed by atoms with Crippen LogP contribution in [0.5, 0.6) is 0 Å². The van der Waals surface area contributed by atoms with Gasteiger partial charge in [0.15, 0.2) is 0 Å². The highest BCUT2D eigenvalue weighted by Crippen LogP contribution is 2.36. The van der Waals surface area contributed by atoms with Gasteiger partial charge in [-0.25, -0.2) is 4.39 Å². The fraction of sp³-hybridized carbons (Fsp3) is 0.412. The number of halogens is 1. The maximum atomic E-state index is 13.3. The highest BCUT2D eigenvalue weighted by Gasteiger charge is 2.40. The molecule has 4 rings (SSSR count). The van der Waals surface area contributed by atoms with Gasteiger partial charge >= 0.3 is 0 Å². The van der Waals surface area contributed by atoms with Crippen LogP contribution in [0.15, 0.2) is 42.6 Å². The summed E-state index contributed by atoms with van der Waals surface area (Å²) >= 11 is 0. The van der Waals surface area contributed by atoms with Gasteiger partial charge in [-0.15, -0.1) is 0 Å². The predicted octanol–water partition coefficient (Wildman–Crippen LogP) is 2.37. The summed E-state index contributed by atoms with van der Waals surface area (Å²) in [7, 11) is -3.53. The number of nitrogens with zero attached hydrogens (tertiary/aromatic N) is 3. The summed E-state index contributed by atoms with van der Waals surface area (Å²) in [5.74, 6) is -0.320. The summed E-state index contributed by atoms with van der Waals surface area (Å²) < 4.78 is 44.8. The third kappa shape index (κ3) is 2.56. The van der Waals surface area contributed by atoms with Gasteiger partial charge in [-0.05, 0) is 42.7 Å². The van der Waals surface area contributed by atoms with Crippen molar-refractivity contribution in [2.24, 2.45) is 0 Å². The van der Waals surface area contributed by atoms with Gasteiger partial charge in [0.2, 0.25) is 0 Å². The molecule has 0 aliphatic carbocycles. The van der Waals surface area contributed by atoms with Gasteiger partial charge in [-0.2, -0.15) is 17.0 Å². The summed E-state index contributed by atoms with van der Waals surface area (Å²) in [4.78, 5) is 0. The summed E-state index contributed by atoms with van der Waals surface area (Å²) in [6.45, 7) is 2.21. The van der Waals surface area contributed by atoms with E-state index in [9.17, 15) is 12.8 Å². The van der Waals surface area contributed by atoms with E-state index >= 15 is 0 Å². The average molecular weight is 349 g/mol. The van der Waals surface area contributed by atoms with E-state index in [1.807, 2.05) is 18.3 Å². The normalized spacial score (nSPS) is 22.6. The lowest BCUT2D eigenvalue weighted by molar-refractivity contribution is 0.275. The molecule has 1 atom stereocenters. The van der Waals surface area contributed by atoms with Crippen LogP contribution in [0, 0.1) is 5.82 Å². The molecule has 0 spiro atoms. The molecule has 1 fully saturated rings. The van der Waals surface area contributed by atoms with E-state index in [1.165, 1.54) is 12.1 Å². The van der Waals surface area contributed by atoms with Gasteiger partial charge < -0.3 is 4.57 Å². The zero-order valence-electron chi connectivity index (χ0n) is 13.3. The van der Waals surface area contributed by atoms with E-state index in [0.717, 1.165) is 24.1 Å². The van der Waals surface area contributed by atoms with Crippen LogP contribution in [-0.2, 0) is 16.8 Å². The van der Waals surface area contributed by atoms with Gasteiger partial charge in [0.1, 0.15) is 5.82 Å². The van der Waals surface area contributed by atoms with E-state index in [-0.39, 0.29) is 5.82 Å². The van der Waals surface area contributed by atoms with Gasteiger partial charge in [-0.1, -0.05) is 12.1 Å². The Morgan fingerprint density at radius 2 is 1.67 bits per heavy atom. The van der Waals surface area contributed by atoms with Gasteiger partial charge in [-0.3, -0.25) is 0 Å². The Labute approximate surface area is 141 Å². The van der Waals surface area contributed by atoms with Crippen molar-refractivity contribution >= 4 is 10.2 Å². The van der Waals surface area contributed by atoms with Crippen LogP contribution in [0.2, 0.25) is 0 Å². The zero-order chi connectivity index (χ0) is 16.7. The topological polar surface area (TPSA) is 45.6 Å². The highest BCUT2D eigenvalue weighted by molar-refractivity contribution is 7.86. The largest absolute Gasteiger partial charge is 0.348 e. The molecule has 1 aromatic heterocycles. The third-order valence-electron chi connectivity index (χ3n) is 4.87. The summed E-state index contributed by atoms with van der Waals surface area (Å²) in [5.41, 5.74) is 1.72. The minimum atomic E-state index is -3.53. The molecule has 24 heavy (non-hydrogen) atoms. The highest BCUT2D eigenvalue weighted by atomic mass is 32.2. The number of fused-ring (bicyclic) bond motifs is 1. The molecule has 0 radical (unpaired) electrons. The Morgan fingerprint density at radius 1 is 0.958 bits per heavy atom. The molecule has 5 nitrogen and oxygen atoms in total. The Bertz CT molecular complexity index is 826. The first kappa shape index (κ1) is 15.8. The molecule has 7 heteroatoms. The average Bonchev–Trinajstić information content (AvgIpc) is 3.26. The minimum Gasteiger partial charge on any atom is -0.348 e. The van der Waals surface area contributed by atoms with Crippen LogP contribution in [0.25, 0.3) is 0 Å². The van der Waals surface area contributed by atoms with Crippen molar-refractivity contribution < 1.29 is 12.8 Å². The number of rotatable bonds is 3. The fourth-order valence-corrected chi connectivity index (χ4v) is 5.48. The van der Waals surface area contributed by atoms with Crippen molar-refractivity contribution in [3.05, 3.63) is 59.7 Å². The van der Waals surface area contributed by atoms with Crippen LogP contribution >= 0.6 is 0 Å². The van der Waals surface area contributed by atoms with Crippen LogP contribution in [0.1, 0.15) is 30.1 Å². The first-order valence-corrected chi connectivity index (χ1v) is 9.64. The molecular formula is C17H20FN3O2S. The molecule has 1 saturated heterocycles. The second kappa shape index (κ2) is 5.98. The molecule has 0 N–H and O–H groups in total. The maximum Gasteiger partial charge on any atom is 0.282 e. The number of hydrogen-bond donors (Lipinski definition) is 0. The summed E-state index contributed by atoms with van der Waals surface area (Å²) in [6.07, 6.45) is 3.78. The molecule has 0 amide bonds. The molecule has 2 aliphatic heterocycles. The SMILES string of the molecule is O=S(=O)(N1CCCC1)N1CCn2cccc2C1c1ccc(F)cc1. The van der Waals surface area contributed by atoms with Crippen molar-refractivity contribution in [3.8, 4) is 0 Å². The first-order valence-electron chi connectivity index (χ1n) is 8.25. The lowest BCUT2D eigenvalue weighted by Crippen LogP contribution is -2.48. The van der Waals surface area contributed by atoms with Crippen LogP contribution < -0.4 is 0 Å². The molecule has 0 bridgehead atoms. The van der Waals surface area contributed by atoms with E-state index in [0.29, 0.717) is 26.2 Å². The predicted molar refractivity (Wildman–Crippen MR) is 89.1 cm³/mol. The lowest BCUT2D eigenvalue weighted by atomic mass is 10.0. The molecule has 128 valence electrons. The van der Waals surface area contributed by atoms with Crippen molar-refractivity contribution in [3.63, 3.8) is 0 Å². The molecular weight excluding hydrogens is 329 g/mol. The van der Waals surface area contributed by atoms with E-state index in [1.54, 1.807) is 20.7 Å². The zero-order valence-corrected chi connectivity index (χ0v) is 14.1. The van der Waals surface area contributed by atoms with Crippen molar-refractivity contribution in [1.29, 1.82) is 0 Å². The standard InChI is InChI=1S/C17H20FN3O2S/c18-15-7-5-14(6-8-15)17-16-4-3-9-19(16)12-13-21(17)24(22,23)20-10-1-2-11-20/h3-9,17H,1-2,10-13H2. The third-order valence-corrected chi connectivity index (χ3v) is 6.87. The summed E-state index contributed by atoms with van der Waals surface area (Å²) in [6, 6.07) is 9.58. The Hall–Kier alpha value is -1.70. The van der Waals surface area contributed by atoms with E-state index in [4.69, 9.17) is 0 Å². The van der Waals surface area contributed by atoms with Gasteiger partial charge in [0, 0.05) is 38.1 Å². The number of benzene rings is 1. The molecule has 2 aromatic rings. The van der Waals surface area contributed by atoms with Crippen molar-refractivity contribution in [2.45, 2.75) is 25.4 Å². The number of hydrogen-bond acceptors (Lipinski definition) is 2. The second-order valence-corrected chi connectivity index (χ2v) is 8.19. The van der Waals surface area contributed by atoms with Crippen LogP contribution in [0.3, 0.4) is 0 Å². The molecule has 2 aliphatic rings. The molecule has 3 heterocycles. The second-order valence-electron chi connectivity index (χ2n) is 6.31. The quantitative estimate of drug-likeness (QED) is 0.854. The number of aromatic nitrogens is 1. The fourth-order valence-electron chi connectivity index (χ4n) is 3.66. The first-order chi connectivity index (χ1) is 11.6. The Kier molecular flexibility index (Phi) is 3.94. The maximum absolute atomic E-state index is 13.3. The lowest BCUT2D eigenvalue weighted by Gasteiger charge is -2.38. The monoisotopic (exact) mass is 349 g/mol. The van der Waals surface area contributed by atoms with Crippen LogP contribution in [-0.4, -0.2) is 41.2 Å². The van der Waals surface area contributed by atoms with Gasteiger partial charge in [0.05, 0.1) is 6.04 Å². The molecule has 0 saturated carbocycles. The van der Waals surface area contributed by atoms with Gasteiger partial charge in [0.25, 0.3) is 10.2 Å². The Morgan fingerprint density at radius 3 is 2.38 bits per heavy atom. The van der Waals surface area contributed by atoms with E-state index < -0.39 is 16.3 Å².